The van der Waals surface area contributed by atoms with Gasteiger partial charge in [-0.15, -0.1) is 11.3 Å². The molecule has 0 saturated heterocycles. The van der Waals surface area contributed by atoms with Crippen molar-refractivity contribution in [3.63, 3.8) is 0 Å². The van der Waals surface area contributed by atoms with E-state index in [9.17, 15) is 4.79 Å². The van der Waals surface area contributed by atoms with Crippen LogP contribution < -0.4 is 15.4 Å². The van der Waals surface area contributed by atoms with E-state index in [1.54, 1.807) is 13.2 Å². The summed E-state index contributed by atoms with van der Waals surface area (Å²) >= 11 is 1.42. The highest BCUT2D eigenvalue weighted by molar-refractivity contribution is 7.12. The van der Waals surface area contributed by atoms with Crippen LogP contribution in [-0.4, -0.2) is 13.0 Å². The van der Waals surface area contributed by atoms with Crippen molar-refractivity contribution in [3.8, 4) is 5.75 Å². The zero-order valence-corrected chi connectivity index (χ0v) is 13.4. The van der Waals surface area contributed by atoms with E-state index in [-0.39, 0.29) is 5.91 Å². The van der Waals surface area contributed by atoms with Crippen LogP contribution in [0.2, 0.25) is 0 Å². The predicted octanol–water partition coefficient (Wildman–Crippen LogP) is 4.75. The molecule has 0 atom stereocenters. The van der Waals surface area contributed by atoms with Gasteiger partial charge in [-0.05, 0) is 47.8 Å². The molecule has 3 aromatic rings. The van der Waals surface area contributed by atoms with Crippen molar-refractivity contribution in [2.24, 2.45) is 0 Å². The highest BCUT2D eigenvalue weighted by Crippen LogP contribution is 2.22. The molecule has 2 aromatic carbocycles. The quantitative estimate of drug-likeness (QED) is 0.712. The fraction of sp³-hybridized carbons (Fsp3) is 0.0556. The Bertz CT molecular complexity index is 783. The number of anilines is 3. The number of hydrogen-bond acceptors (Lipinski definition) is 4. The molecule has 0 aliphatic heterocycles. The minimum atomic E-state index is -0.0893. The average molecular weight is 324 g/mol. The van der Waals surface area contributed by atoms with Gasteiger partial charge in [-0.3, -0.25) is 4.79 Å². The molecule has 1 aromatic heterocycles. The molecular weight excluding hydrogens is 308 g/mol. The van der Waals surface area contributed by atoms with E-state index < -0.39 is 0 Å². The van der Waals surface area contributed by atoms with Crippen molar-refractivity contribution in [1.29, 1.82) is 0 Å². The van der Waals surface area contributed by atoms with Gasteiger partial charge in [0.05, 0.1) is 12.0 Å². The Kier molecular flexibility index (Phi) is 4.59. The number of nitrogens with one attached hydrogen (secondary N) is 2. The van der Waals surface area contributed by atoms with Crippen molar-refractivity contribution in [3.05, 3.63) is 70.9 Å². The van der Waals surface area contributed by atoms with Crippen LogP contribution in [-0.2, 0) is 0 Å². The fourth-order valence-electron chi connectivity index (χ4n) is 2.10. The van der Waals surface area contributed by atoms with Gasteiger partial charge in [0.1, 0.15) is 5.75 Å². The molecule has 116 valence electrons. The first-order chi connectivity index (χ1) is 11.2. The molecule has 0 unspecified atom stereocenters. The molecule has 0 aliphatic rings. The molecule has 0 bridgehead atoms. The van der Waals surface area contributed by atoms with Crippen molar-refractivity contribution < 1.29 is 9.53 Å². The number of hydrogen-bond donors (Lipinski definition) is 2. The Hall–Kier alpha value is -2.79. The monoisotopic (exact) mass is 324 g/mol. The van der Waals surface area contributed by atoms with Crippen LogP contribution in [0, 0.1) is 0 Å². The van der Waals surface area contributed by atoms with E-state index in [2.05, 4.69) is 10.6 Å². The van der Waals surface area contributed by atoms with Crippen molar-refractivity contribution in [2.45, 2.75) is 0 Å². The maximum atomic E-state index is 12.0. The van der Waals surface area contributed by atoms with E-state index >= 15 is 0 Å². The third-order valence-corrected chi connectivity index (χ3v) is 4.11. The number of methoxy groups -OCH3 is 1. The fourth-order valence-corrected chi connectivity index (χ4v) is 2.72. The van der Waals surface area contributed by atoms with Crippen LogP contribution in [0.25, 0.3) is 0 Å². The lowest BCUT2D eigenvalue weighted by Crippen LogP contribution is -2.09. The van der Waals surface area contributed by atoms with Gasteiger partial charge in [0.2, 0.25) is 0 Å². The molecule has 23 heavy (non-hydrogen) atoms. The second kappa shape index (κ2) is 6.98. The van der Waals surface area contributed by atoms with Crippen LogP contribution in [0.4, 0.5) is 17.1 Å². The van der Waals surface area contributed by atoms with Gasteiger partial charge in [0.15, 0.2) is 0 Å². The highest BCUT2D eigenvalue weighted by Gasteiger charge is 2.06. The normalized spacial score (nSPS) is 10.1. The number of carbonyl (C=O) groups excluding carboxylic acids is 1. The Morgan fingerprint density at radius 2 is 1.74 bits per heavy atom. The Morgan fingerprint density at radius 1 is 0.957 bits per heavy atom. The van der Waals surface area contributed by atoms with Crippen LogP contribution in [0.1, 0.15) is 9.67 Å². The summed E-state index contributed by atoms with van der Waals surface area (Å²) in [4.78, 5) is 12.7. The zero-order chi connectivity index (χ0) is 16.1. The average Bonchev–Trinajstić information content (AvgIpc) is 3.11. The summed E-state index contributed by atoms with van der Waals surface area (Å²) < 4.78 is 5.20. The van der Waals surface area contributed by atoms with Crippen LogP contribution in [0.5, 0.6) is 5.75 Å². The standard InChI is InChI=1S/C18H16N2O2S/c1-22-16-5-2-4-15(12-16)19-13-7-9-14(10-8-13)20-18(21)17-6-3-11-23-17/h2-12,19H,1H3,(H,20,21). The Balaban J connectivity index is 1.66. The lowest BCUT2D eigenvalue weighted by atomic mass is 10.2. The molecule has 0 aliphatic carbocycles. The first-order valence-electron chi connectivity index (χ1n) is 7.10. The maximum Gasteiger partial charge on any atom is 0.265 e. The molecule has 0 radical (unpaired) electrons. The smallest absolute Gasteiger partial charge is 0.265 e. The van der Waals surface area contributed by atoms with Crippen molar-refractivity contribution in [2.75, 3.05) is 17.7 Å². The maximum absolute atomic E-state index is 12.0. The molecule has 0 fully saturated rings. The van der Waals surface area contributed by atoms with Crippen LogP contribution >= 0.6 is 11.3 Å². The van der Waals surface area contributed by atoms with Gasteiger partial charge in [-0.25, -0.2) is 0 Å². The SMILES string of the molecule is COc1cccc(Nc2ccc(NC(=O)c3cccs3)cc2)c1. The number of rotatable bonds is 5. The minimum absolute atomic E-state index is 0.0893. The molecular formula is C18H16N2O2S. The van der Waals surface area contributed by atoms with Gasteiger partial charge < -0.3 is 15.4 Å². The first-order valence-corrected chi connectivity index (χ1v) is 7.98. The second-order valence-corrected chi connectivity index (χ2v) is 5.81. The summed E-state index contributed by atoms with van der Waals surface area (Å²) in [6, 6.07) is 19.0. The van der Waals surface area contributed by atoms with Gasteiger partial charge in [-0.1, -0.05) is 12.1 Å². The lowest BCUT2D eigenvalue weighted by Gasteiger charge is -2.09. The summed E-state index contributed by atoms with van der Waals surface area (Å²) in [5.74, 6) is 0.711. The molecule has 1 heterocycles. The first kappa shape index (κ1) is 15.1. The van der Waals surface area contributed by atoms with Gasteiger partial charge >= 0.3 is 0 Å². The van der Waals surface area contributed by atoms with E-state index in [4.69, 9.17) is 4.74 Å². The molecule has 5 heteroatoms. The molecule has 1 amide bonds. The number of ether oxygens (including phenoxy) is 1. The van der Waals surface area contributed by atoms with Crippen molar-refractivity contribution in [1.82, 2.24) is 0 Å². The molecule has 4 nitrogen and oxygen atoms in total. The number of benzene rings is 2. The van der Waals surface area contributed by atoms with Gasteiger partial charge in [0, 0.05) is 23.1 Å². The third kappa shape index (κ3) is 3.90. The van der Waals surface area contributed by atoms with Crippen molar-refractivity contribution >= 4 is 34.3 Å². The topological polar surface area (TPSA) is 50.4 Å². The molecule has 3 rings (SSSR count). The number of thiophene rings is 1. The minimum Gasteiger partial charge on any atom is -0.497 e. The summed E-state index contributed by atoms with van der Waals surface area (Å²) in [5.41, 5.74) is 2.65. The number of carbonyl (C=O) groups is 1. The Labute approximate surface area is 138 Å². The summed E-state index contributed by atoms with van der Waals surface area (Å²) in [6.07, 6.45) is 0. The summed E-state index contributed by atoms with van der Waals surface area (Å²) in [5, 5.41) is 8.06. The largest absolute Gasteiger partial charge is 0.497 e. The van der Waals surface area contributed by atoms with Crippen LogP contribution in [0.3, 0.4) is 0 Å². The molecule has 2 N–H and O–H groups in total. The van der Waals surface area contributed by atoms with Gasteiger partial charge in [0.25, 0.3) is 5.91 Å². The second-order valence-electron chi connectivity index (χ2n) is 4.87. The Morgan fingerprint density at radius 3 is 2.43 bits per heavy atom. The molecule has 0 saturated carbocycles. The van der Waals surface area contributed by atoms with E-state index in [1.165, 1.54) is 11.3 Å². The lowest BCUT2D eigenvalue weighted by molar-refractivity contribution is 0.103. The zero-order valence-electron chi connectivity index (χ0n) is 12.6. The molecule has 0 spiro atoms. The predicted molar refractivity (Wildman–Crippen MR) is 95.0 cm³/mol. The highest BCUT2D eigenvalue weighted by atomic mass is 32.1. The number of amides is 1. The third-order valence-electron chi connectivity index (χ3n) is 3.25. The summed E-state index contributed by atoms with van der Waals surface area (Å²) in [6.45, 7) is 0. The summed E-state index contributed by atoms with van der Waals surface area (Å²) in [7, 11) is 1.64. The van der Waals surface area contributed by atoms with Gasteiger partial charge in [-0.2, -0.15) is 0 Å². The van der Waals surface area contributed by atoms with Crippen LogP contribution in [0.15, 0.2) is 66.0 Å². The van der Waals surface area contributed by atoms with E-state index in [0.29, 0.717) is 4.88 Å². The van der Waals surface area contributed by atoms with E-state index in [0.717, 1.165) is 22.8 Å². The van der Waals surface area contributed by atoms with E-state index in [1.807, 2.05) is 60.0 Å².